The molecule has 2 aromatic rings. The van der Waals surface area contributed by atoms with Crippen LogP contribution in [0.15, 0.2) is 28.7 Å². The first-order valence-electron chi connectivity index (χ1n) is 7.71. The molecule has 0 aliphatic carbocycles. The van der Waals surface area contributed by atoms with Crippen LogP contribution in [0.1, 0.15) is 53.8 Å². The number of furan rings is 1. The highest BCUT2D eigenvalue weighted by Crippen LogP contribution is 2.40. The molecule has 5 heteroatoms. The summed E-state index contributed by atoms with van der Waals surface area (Å²) in [4.78, 5) is 12.6. The molecule has 0 radical (unpaired) electrons. The number of rotatable bonds is 2. The Balaban J connectivity index is 1.92. The predicted molar refractivity (Wildman–Crippen MR) is 88.6 cm³/mol. The van der Waals surface area contributed by atoms with Gasteiger partial charge in [0.2, 0.25) is 0 Å². The molecule has 5 nitrogen and oxygen atoms in total. The first kappa shape index (κ1) is 15.5. The minimum Gasteiger partial charge on any atom is -0.487 e. The quantitative estimate of drug-likeness (QED) is 0.832. The van der Waals surface area contributed by atoms with Crippen molar-refractivity contribution >= 4 is 11.6 Å². The Morgan fingerprint density at radius 3 is 2.70 bits per heavy atom. The van der Waals surface area contributed by atoms with Crippen LogP contribution in [0.5, 0.6) is 5.75 Å². The van der Waals surface area contributed by atoms with E-state index in [2.05, 4.69) is 5.32 Å². The lowest BCUT2D eigenvalue weighted by atomic mass is 9.89. The second kappa shape index (κ2) is 5.33. The van der Waals surface area contributed by atoms with Gasteiger partial charge in [-0.25, -0.2) is 0 Å². The lowest BCUT2D eigenvalue weighted by Crippen LogP contribution is -2.41. The van der Waals surface area contributed by atoms with Crippen molar-refractivity contribution in [2.45, 2.75) is 45.8 Å². The molecule has 1 aromatic heterocycles. The molecule has 1 aromatic carbocycles. The number of nitrogens with two attached hydrogens (primary N) is 1. The minimum absolute atomic E-state index is 0.143. The molecular weight excluding hydrogens is 292 g/mol. The van der Waals surface area contributed by atoms with Crippen molar-refractivity contribution in [1.29, 1.82) is 0 Å². The molecule has 0 saturated heterocycles. The summed E-state index contributed by atoms with van der Waals surface area (Å²) in [7, 11) is 0. The van der Waals surface area contributed by atoms with Crippen molar-refractivity contribution in [3.8, 4) is 5.75 Å². The molecule has 23 heavy (non-hydrogen) atoms. The van der Waals surface area contributed by atoms with Crippen molar-refractivity contribution in [3.05, 3.63) is 46.9 Å². The Kier molecular flexibility index (Phi) is 3.59. The van der Waals surface area contributed by atoms with E-state index >= 15 is 0 Å². The number of aryl methyl sites for hydroxylation is 2. The van der Waals surface area contributed by atoms with Gasteiger partial charge in [-0.2, -0.15) is 0 Å². The molecule has 122 valence electrons. The number of nitrogen functional groups attached to an aromatic ring is 1. The van der Waals surface area contributed by atoms with Gasteiger partial charge in [0.1, 0.15) is 22.9 Å². The van der Waals surface area contributed by atoms with Gasteiger partial charge in [0.25, 0.3) is 5.91 Å². The largest absolute Gasteiger partial charge is 0.487 e. The summed E-state index contributed by atoms with van der Waals surface area (Å²) in [6, 6.07) is 7.14. The first-order chi connectivity index (χ1) is 10.7. The lowest BCUT2D eigenvalue weighted by molar-refractivity contribution is 0.0619. The molecule has 1 atom stereocenters. The molecule has 1 amide bonds. The maximum absolute atomic E-state index is 12.6. The van der Waals surface area contributed by atoms with Gasteiger partial charge in [0.05, 0.1) is 11.6 Å². The number of carbonyl (C=O) groups is 1. The van der Waals surface area contributed by atoms with Gasteiger partial charge in [0.15, 0.2) is 0 Å². The van der Waals surface area contributed by atoms with Gasteiger partial charge in [-0.1, -0.05) is 0 Å². The Labute approximate surface area is 135 Å². The van der Waals surface area contributed by atoms with Crippen LogP contribution in [0.25, 0.3) is 0 Å². The molecule has 3 rings (SSSR count). The van der Waals surface area contributed by atoms with Crippen LogP contribution in [-0.2, 0) is 0 Å². The summed E-state index contributed by atoms with van der Waals surface area (Å²) >= 11 is 0. The van der Waals surface area contributed by atoms with Crippen LogP contribution >= 0.6 is 0 Å². The van der Waals surface area contributed by atoms with Gasteiger partial charge in [-0.3, -0.25) is 4.79 Å². The van der Waals surface area contributed by atoms with Crippen molar-refractivity contribution in [2.75, 3.05) is 5.73 Å². The van der Waals surface area contributed by atoms with E-state index < -0.39 is 0 Å². The van der Waals surface area contributed by atoms with E-state index in [9.17, 15) is 4.79 Å². The zero-order valence-electron chi connectivity index (χ0n) is 13.9. The molecule has 1 unspecified atom stereocenters. The molecule has 0 bridgehead atoms. The number of anilines is 1. The summed E-state index contributed by atoms with van der Waals surface area (Å²) in [5.74, 6) is 1.97. The van der Waals surface area contributed by atoms with E-state index in [4.69, 9.17) is 14.9 Å². The van der Waals surface area contributed by atoms with E-state index in [-0.39, 0.29) is 17.6 Å². The SMILES string of the molecule is Cc1cc(C(=O)NC2CC(C)(C)Oc3ccc(N)cc32)c(C)o1. The number of fused-ring (bicyclic) bond motifs is 1. The molecule has 0 spiro atoms. The Hall–Kier alpha value is -2.43. The summed E-state index contributed by atoms with van der Waals surface area (Å²) in [5, 5.41) is 3.09. The number of carbonyl (C=O) groups excluding carboxylic acids is 1. The zero-order valence-corrected chi connectivity index (χ0v) is 13.9. The monoisotopic (exact) mass is 314 g/mol. The third-order valence-corrected chi connectivity index (χ3v) is 4.08. The molecule has 0 saturated carbocycles. The molecule has 1 aliphatic rings. The fourth-order valence-corrected chi connectivity index (χ4v) is 3.09. The zero-order chi connectivity index (χ0) is 16.8. The molecular formula is C18H22N2O3. The van der Waals surface area contributed by atoms with E-state index in [0.717, 1.165) is 17.1 Å². The average molecular weight is 314 g/mol. The molecule has 3 N–H and O–H groups in total. The number of benzene rings is 1. The fraction of sp³-hybridized carbons (Fsp3) is 0.389. The van der Waals surface area contributed by atoms with Crippen LogP contribution in [0.4, 0.5) is 5.69 Å². The lowest BCUT2D eigenvalue weighted by Gasteiger charge is -2.38. The summed E-state index contributed by atoms with van der Waals surface area (Å²) in [6.07, 6.45) is 0.672. The molecule has 2 heterocycles. The van der Waals surface area contributed by atoms with Crippen LogP contribution in [0.2, 0.25) is 0 Å². The molecule has 0 fully saturated rings. The third kappa shape index (κ3) is 3.04. The third-order valence-electron chi connectivity index (χ3n) is 4.08. The van der Waals surface area contributed by atoms with E-state index in [1.54, 1.807) is 13.0 Å². The Bertz CT molecular complexity index is 762. The second-order valence-electron chi connectivity index (χ2n) is 6.72. The predicted octanol–water partition coefficient (Wildman–Crippen LogP) is 3.51. The smallest absolute Gasteiger partial charge is 0.255 e. The van der Waals surface area contributed by atoms with E-state index in [0.29, 0.717) is 23.4 Å². The maximum atomic E-state index is 12.6. The normalized spacial score (nSPS) is 18.9. The van der Waals surface area contributed by atoms with E-state index in [1.807, 2.05) is 39.0 Å². The second-order valence-corrected chi connectivity index (χ2v) is 6.72. The van der Waals surface area contributed by atoms with Gasteiger partial charge >= 0.3 is 0 Å². The van der Waals surface area contributed by atoms with Gasteiger partial charge in [-0.05, 0) is 52.0 Å². The highest BCUT2D eigenvalue weighted by Gasteiger charge is 2.35. The van der Waals surface area contributed by atoms with Crippen molar-refractivity contribution < 1.29 is 13.9 Å². The van der Waals surface area contributed by atoms with Crippen LogP contribution < -0.4 is 15.8 Å². The van der Waals surface area contributed by atoms with Crippen LogP contribution in [-0.4, -0.2) is 11.5 Å². The summed E-state index contributed by atoms with van der Waals surface area (Å²) in [6.45, 7) is 7.65. The summed E-state index contributed by atoms with van der Waals surface area (Å²) < 4.78 is 11.4. The number of amides is 1. The average Bonchev–Trinajstić information content (AvgIpc) is 2.78. The van der Waals surface area contributed by atoms with Crippen LogP contribution in [0, 0.1) is 13.8 Å². The topological polar surface area (TPSA) is 77.5 Å². The standard InChI is InChI=1S/C18H22N2O3/c1-10-7-13(11(2)22-10)17(21)20-15-9-18(3,4)23-16-6-5-12(19)8-14(15)16/h5-8,15H,9,19H2,1-4H3,(H,20,21). The highest BCUT2D eigenvalue weighted by molar-refractivity contribution is 5.95. The highest BCUT2D eigenvalue weighted by atomic mass is 16.5. The number of hydrogen-bond acceptors (Lipinski definition) is 4. The van der Waals surface area contributed by atoms with Crippen LogP contribution in [0.3, 0.4) is 0 Å². The van der Waals surface area contributed by atoms with Crippen molar-refractivity contribution in [2.24, 2.45) is 0 Å². The Morgan fingerprint density at radius 2 is 2.04 bits per heavy atom. The minimum atomic E-state index is -0.359. The van der Waals surface area contributed by atoms with Gasteiger partial charge < -0.3 is 20.2 Å². The fourth-order valence-electron chi connectivity index (χ4n) is 3.09. The molecule has 1 aliphatic heterocycles. The number of nitrogens with one attached hydrogen (secondary N) is 1. The number of hydrogen-bond donors (Lipinski definition) is 2. The van der Waals surface area contributed by atoms with Gasteiger partial charge in [-0.15, -0.1) is 0 Å². The van der Waals surface area contributed by atoms with Gasteiger partial charge in [0, 0.05) is 17.7 Å². The van der Waals surface area contributed by atoms with Crippen molar-refractivity contribution in [1.82, 2.24) is 5.32 Å². The van der Waals surface area contributed by atoms with Crippen molar-refractivity contribution in [3.63, 3.8) is 0 Å². The summed E-state index contributed by atoms with van der Waals surface area (Å²) in [5.41, 5.74) is 7.67. The first-order valence-corrected chi connectivity index (χ1v) is 7.71. The maximum Gasteiger partial charge on any atom is 0.255 e. The van der Waals surface area contributed by atoms with E-state index in [1.165, 1.54) is 0 Å². The number of ether oxygens (including phenoxy) is 1. The Morgan fingerprint density at radius 1 is 1.30 bits per heavy atom.